The van der Waals surface area contributed by atoms with Crippen LogP contribution in [0.15, 0.2) is 29.3 Å². The lowest BCUT2D eigenvalue weighted by Crippen LogP contribution is -2.42. The molecule has 1 aliphatic heterocycles. The van der Waals surface area contributed by atoms with E-state index >= 15 is 0 Å². The Bertz CT molecular complexity index is 682. The summed E-state index contributed by atoms with van der Waals surface area (Å²) >= 11 is 0. The summed E-state index contributed by atoms with van der Waals surface area (Å²) in [6, 6.07) is 6.70. The largest absolute Gasteiger partial charge is 0.379 e. The third kappa shape index (κ3) is 9.28. The van der Waals surface area contributed by atoms with Gasteiger partial charge in [-0.05, 0) is 38.5 Å². The zero-order chi connectivity index (χ0) is 21.8. The molecule has 0 radical (unpaired) electrons. The lowest BCUT2D eigenvalue weighted by molar-refractivity contribution is -0.130. The van der Waals surface area contributed by atoms with Crippen LogP contribution < -0.4 is 10.6 Å². The zero-order valence-corrected chi connectivity index (χ0v) is 21.2. The topological polar surface area (TPSA) is 69.2 Å². The number of nitrogens with zero attached hydrogens (tertiary/aromatic N) is 3. The molecule has 0 aliphatic carbocycles. The molecular formula is C22H37FIN5O2. The van der Waals surface area contributed by atoms with Crippen molar-refractivity contribution in [1.82, 2.24) is 20.4 Å². The fourth-order valence-corrected chi connectivity index (χ4v) is 3.58. The quantitative estimate of drug-likeness (QED) is 0.267. The Balaban J connectivity index is 0.00000480. The first-order chi connectivity index (χ1) is 14.6. The zero-order valence-electron chi connectivity index (χ0n) is 18.9. The standard InChI is InChI=1S/C22H36FN5O2.HI/c1-4-24-22(25-11-10-21(29)27(5-2)6-3)26-17-20(28-12-14-30-15-13-28)18-8-7-9-19(23)16-18;/h7-9,16,20H,4-6,10-15,17H2,1-3H3,(H2,24,25,26);1H. The summed E-state index contributed by atoms with van der Waals surface area (Å²) < 4.78 is 19.3. The Kier molecular flexibility index (Phi) is 13.7. The minimum atomic E-state index is -0.241. The summed E-state index contributed by atoms with van der Waals surface area (Å²) in [5.74, 6) is 0.559. The molecule has 31 heavy (non-hydrogen) atoms. The first-order valence-corrected chi connectivity index (χ1v) is 11.0. The number of carbonyl (C=O) groups is 1. The van der Waals surface area contributed by atoms with Gasteiger partial charge < -0.3 is 20.3 Å². The molecule has 9 heteroatoms. The second kappa shape index (κ2) is 15.4. The lowest BCUT2D eigenvalue weighted by atomic mass is 10.0. The predicted molar refractivity (Wildman–Crippen MR) is 133 cm³/mol. The molecule has 2 N–H and O–H groups in total. The molecule has 0 spiro atoms. The van der Waals surface area contributed by atoms with Gasteiger partial charge in [-0.1, -0.05) is 12.1 Å². The minimum absolute atomic E-state index is 0. The van der Waals surface area contributed by atoms with Crippen molar-refractivity contribution >= 4 is 35.8 Å². The van der Waals surface area contributed by atoms with Gasteiger partial charge in [-0.15, -0.1) is 24.0 Å². The van der Waals surface area contributed by atoms with Crippen LogP contribution in [-0.2, 0) is 9.53 Å². The van der Waals surface area contributed by atoms with Gasteiger partial charge in [0.1, 0.15) is 5.82 Å². The van der Waals surface area contributed by atoms with Crippen molar-refractivity contribution in [2.75, 3.05) is 59.0 Å². The van der Waals surface area contributed by atoms with Crippen molar-refractivity contribution < 1.29 is 13.9 Å². The van der Waals surface area contributed by atoms with Crippen LogP contribution in [0.3, 0.4) is 0 Å². The van der Waals surface area contributed by atoms with Gasteiger partial charge in [-0.3, -0.25) is 14.7 Å². The van der Waals surface area contributed by atoms with E-state index in [1.165, 1.54) is 6.07 Å². The Morgan fingerprint density at radius 2 is 1.94 bits per heavy atom. The number of rotatable bonds is 10. The number of nitrogens with one attached hydrogen (secondary N) is 2. The number of guanidine groups is 1. The van der Waals surface area contributed by atoms with Gasteiger partial charge in [0, 0.05) is 45.7 Å². The second-order valence-corrected chi connectivity index (χ2v) is 7.18. The Hall–Kier alpha value is -1.46. The van der Waals surface area contributed by atoms with E-state index in [1.807, 2.05) is 31.7 Å². The van der Waals surface area contributed by atoms with Gasteiger partial charge >= 0.3 is 0 Å². The number of benzene rings is 1. The summed E-state index contributed by atoms with van der Waals surface area (Å²) in [6.45, 7) is 12.1. The number of ether oxygens (including phenoxy) is 1. The maximum absolute atomic E-state index is 13.8. The minimum Gasteiger partial charge on any atom is -0.379 e. The third-order valence-corrected chi connectivity index (χ3v) is 5.23. The van der Waals surface area contributed by atoms with Crippen LogP contribution in [0, 0.1) is 5.82 Å². The number of carbonyl (C=O) groups excluding carboxylic acids is 1. The SMILES string of the molecule is CCNC(=NCC(c1cccc(F)c1)N1CCOCC1)NCCC(=O)N(CC)CC.I. The van der Waals surface area contributed by atoms with Crippen molar-refractivity contribution in [3.05, 3.63) is 35.6 Å². The first kappa shape index (κ1) is 27.6. The predicted octanol–water partition coefficient (Wildman–Crippen LogP) is 2.63. The smallest absolute Gasteiger partial charge is 0.224 e. The fraction of sp³-hybridized carbons (Fsp3) is 0.636. The summed E-state index contributed by atoms with van der Waals surface area (Å²) in [5.41, 5.74) is 0.910. The van der Waals surface area contributed by atoms with Crippen LogP contribution in [0.1, 0.15) is 38.8 Å². The molecule has 1 aliphatic rings. The molecule has 1 heterocycles. The Labute approximate surface area is 202 Å². The lowest BCUT2D eigenvalue weighted by Gasteiger charge is -2.34. The summed E-state index contributed by atoms with van der Waals surface area (Å²) in [6.07, 6.45) is 0.420. The molecule has 1 amide bonds. The van der Waals surface area contributed by atoms with Crippen molar-refractivity contribution in [1.29, 1.82) is 0 Å². The van der Waals surface area contributed by atoms with Crippen molar-refractivity contribution in [3.63, 3.8) is 0 Å². The highest BCUT2D eigenvalue weighted by Gasteiger charge is 2.23. The number of aliphatic imine (C=N–C) groups is 1. The van der Waals surface area contributed by atoms with Crippen LogP contribution in [0.4, 0.5) is 4.39 Å². The molecule has 1 aromatic rings. The molecule has 1 fully saturated rings. The van der Waals surface area contributed by atoms with E-state index in [0.29, 0.717) is 38.7 Å². The van der Waals surface area contributed by atoms with Gasteiger partial charge in [0.15, 0.2) is 5.96 Å². The average Bonchev–Trinajstić information content (AvgIpc) is 2.75. The fourth-order valence-electron chi connectivity index (χ4n) is 3.58. The normalized spacial score (nSPS) is 15.7. The molecule has 2 rings (SSSR count). The van der Waals surface area contributed by atoms with E-state index in [4.69, 9.17) is 9.73 Å². The van der Waals surface area contributed by atoms with Crippen LogP contribution in [-0.4, -0.2) is 80.7 Å². The second-order valence-electron chi connectivity index (χ2n) is 7.18. The number of hydrogen-bond donors (Lipinski definition) is 2. The van der Waals surface area contributed by atoms with Crippen molar-refractivity contribution in [2.45, 2.75) is 33.2 Å². The highest BCUT2D eigenvalue weighted by molar-refractivity contribution is 14.0. The highest BCUT2D eigenvalue weighted by Crippen LogP contribution is 2.23. The Morgan fingerprint density at radius 3 is 2.55 bits per heavy atom. The molecular weight excluding hydrogens is 512 g/mol. The maximum atomic E-state index is 13.8. The van der Waals surface area contributed by atoms with Crippen molar-refractivity contribution in [3.8, 4) is 0 Å². The van der Waals surface area contributed by atoms with Gasteiger partial charge in [0.05, 0.1) is 25.8 Å². The number of morpholine rings is 1. The van der Waals surface area contributed by atoms with E-state index in [-0.39, 0.29) is 41.7 Å². The van der Waals surface area contributed by atoms with Gasteiger partial charge in [0.2, 0.25) is 5.91 Å². The number of hydrogen-bond acceptors (Lipinski definition) is 4. The Morgan fingerprint density at radius 1 is 1.23 bits per heavy atom. The average molecular weight is 549 g/mol. The molecule has 0 saturated carbocycles. The number of amides is 1. The highest BCUT2D eigenvalue weighted by atomic mass is 127. The third-order valence-electron chi connectivity index (χ3n) is 5.23. The van der Waals surface area contributed by atoms with E-state index in [1.54, 1.807) is 12.1 Å². The van der Waals surface area contributed by atoms with Gasteiger partial charge in [0.25, 0.3) is 0 Å². The monoisotopic (exact) mass is 549 g/mol. The summed E-state index contributed by atoms with van der Waals surface area (Å²) in [7, 11) is 0. The van der Waals surface area contributed by atoms with Crippen molar-refractivity contribution in [2.24, 2.45) is 4.99 Å². The van der Waals surface area contributed by atoms with E-state index < -0.39 is 0 Å². The van der Waals surface area contributed by atoms with E-state index in [0.717, 1.165) is 38.3 Å². The molecule has 1 saturated heterocycles. The molecule has 0 aromatic heterocycles. The molecule has 0 bridgehead atoms. The summed E-state index contributed by atoms with van der Waals surface area (Å²) in [5, 5.41) is 6.48. The molecule has 7 nitrogen and oxygen atoms in total. The molecule has 1 unspecified atom stereocenters. The van der Waals surface area contributed by atoms with Crippen LogP contribution in [0.5, 0.6) is 0 Å². The molecule has 1 atom stereocenters. The van der Waals surface area contributed by atoms with Gasteiger partial charge in [-0.2, -0.15) is 0 Å². The molecule has 176 valence electrons. The molecule has 1 aromatic carbocycles. The van der Waals surface area contributed by atoms with E-state index in [2.05, 4.69) is 15.5 Å². The van der Waals surface area contributed by atoms with E-state index in [9.17, 15) is 9.18 Å². The van der Waals surface area contributed by atoms with Gasteiger partial charge in [-0.25, -0.2) is 4.39 Å². The first-order valence-electron chi connectivity index (χ1n) is 11.0. The maximum Gasteiger partial charge on any atom is 0.224 e. The number of halogens is 2. The van der Waals surface area contributed by atoms with Crippen LogP contribution in [0.25, 0.3) is 0 Å². The van der Waals surface area contributed by atoms with Crippen LogP contribution in [0.2, 0.25) is 0 Å². The summed E-state index contributed by atoms with van der Waals surface area (Å²) in [4.78, 5) is 21.1. The van der Waals surface area contributed by atoms with Crippen LogP contribution >= 0.6 is 24.0 Å².